The van der Waals surface area contributed by atoms with Crippen molar-refractivity contribution in [1.82, 2.24) is 4.57 Å². The molecule has 1 aromatic carbocycles. The minimum atomic E-state index is -4.50. The smallest absolute Gasteiger partial charge is 0.345 e. The first kappa shape index (κ1) is 13.0. The van der Waals surface area contributed by atoms with Gasteiger partial charge in [0.15, 0.2) is 5.69 Å². The highest BCUT2D eigenvalue weighted by Crippen LogP contribution is 2.43. The van der Waals surface area contributed by atoms with E-state index in [1.165, 1.54) is 6.07 Å². The number of rotatable bonds is 2. The molecule has 5 heteroatoms. The van der Waals surface area contributed by atoms with Crippen LogP contribution in [0.3, 0.4) is 0 Å². The Balaban J connectivity index is 2.27. The molecule has 2 aromatic rings. The van der Waals surface area contributed by atoms with Crippen LogP contribution in [0.25, 0.3) is 15.7 Å². The third kappa shape index (κ3) is 2.05. The summed E-state index contributed by atoms with van der Waals surface area (Å²) >= 11 is 0. The van der Waals surface area contributed by atoms with Gasteiger partial charge in [0.2, 0.25) is 0 Å². The van der Waals surface area contributed by atoms with Crippen LogP contribution in [-0.4, -0.2) is 4.57 Å². The van der Waals surface area contributed by atoms with Gasteiger partial charge in [-0.2, -0.15) is 13.2 Å². The van der Waals surface area contributed by atoms with Gasteiger partial charge in [-0.3, -0.25) is 0 Å². The minimum Gasteiger partial charge on any atom is -0.345 e. The second-order valence-electron chi connectivity index (χ2n) is 5.34. The molecule has 1 fully saturated rings. The molecule has 0 amide bonds. The van der Waals surface area contributed by atoms with Crippen LogP contribution < -0.4 is 0 Å². The average molecular weight is 278 g/mol. The van der Waals surface area contributed by atoms with Crippen LogP contribution in [0, 0.1) is 19.4 Å². The number of aromatic nitrogens is 1. The van der Waals surface area contributed by atoms with E-state index in [1.54, 1.807) is 12.1 Å². The molecule has 1 heterocycles. The fraction of sp³-hybridized carbons (Fsp3) is 0.400. The van der Waals surface area contributed by atoms with E-state index in [0.29, 0.717) is 11.4 Å². The lowest BCUT2D eigenvalue weighted by Gasteiger charge is -2.12. The van der Waals surface area contributed by atoms with E-state index in [2.05, 4.69) is 4.85 Å². The number of hydrogen-bond donors (Lipinski definition) is 0. The van der Waals surface area contributed by atoms with Gasteiger partial charge in [0.1, 0.15) is 0 Å². The summed E-state index contributed by atoms with van der Waals surface area (Å²) in [5.74, 6) is 0.583. The average Bonchev–Trinajstić information content (AvgIpc) is 3.12. The molecule has 0 radical (unpaired) electrons. The summed E-state index contributed by atoms with van der Waals surface area (Å²) in [6, 6.07) is 4.46. The lowest BCUT2D eigenvalue weighted by Crippen LogP contribution is -2.06. The van der Waals surface area contributed by atoms with Crippen molar-refractivity contribution in [3.63, 3.8) is 0 Å². The van der Waals surface area contributed by atoms with E-state index in [4.69, 9.17) is 6.57 Å². The molecule has 1 aliphatic rings. The van der Waals surface area contributed by atoms with E-state index in [0.717, 1.165) is 25.1 Å². The molecule has 0 atom stereocenters. The Labute approximate surface area is 114 Å². The second kappa shape index (κ2) is 4.27. The standard InChI is InChI=1S/C15H13F3N2/c1-9-7-11-13(20(9)8-10-3-4-10)6-5-12(19-2)14(11)15(16,17)18/h5-7,10H,3-4,8H2,1H3. The third-order valence-corrected chi connectivity index (χ3v) is 3.81. The third-order valence-electron chi connectivity index (χ3n) is 3.81. The molecular formula is C15H13F3N2. The van der Waals surface area contributed by atoms with Crippen LogP contribution in [0.2, 0.25) is 0 Å². The van der Waals surface area contributed by atoms with Crippen molar-refractivity contribution in [3.05, 3.63) is 40.9 Å². The molecule has 20 heavy (non-hydrogen) atoms. The first-order valence-corrected chi connectivity index (χ1v) is 6.49. The van der Waals surface area contributed by atoms with Crippen molar-refractivity contribution in [3.8, 4) is 0 Å². The number of fused-ring (bicyclic) bond motifs is 1. The number of nitrogens with zero attached hydrogens (tertiary/aromatic N) is 2. The summed E-state index contributed by atoms with van der Waals surface area (Å²) in [4.78, 5) is 3.02. The predicted molar refractivity (Wildman–Crippen MR) is 70.7 cm³/mol. The van der Waals surface area contributed by atoms with Crippen molar-refractivity contribution in [2.45, 2.75) is 32.5 Å². The van der Waals surface area contributed by atoms with Gasteiger partial charge in [-0.15, -0.1) is 0 Å². The predicted octanol–water partition coefficient (Wildman–Crippen LogP) is 4.93. The number of benzene rings is 1. The van der Waals surface area contributed by atoms with Gasteiger partial charge in [0.05, 0.1) is 12.1 Å². The van der Waals surface area contributed by atoms with Crippen LogP contribution >= 0.6 is 0 Å². The molecule has 0 saturated heterocycles. The summed E-state index contributed by atoms with van der Waals surface area (Å²) in [5, 5.41) is 0.143. The molecule has 104 valence electrons. The van der Waals surface area contributed by atoms with Crippen LogP contribution in [-0.2, 0) is 12.7 Å². The molecule has 0 aliphatic heterocycles. The van der Waals surface area contributed by atoms with Gasteiger partial charge >= 0.3 is 6.18 Å². The fourth-order valence-electron chi connectivity index (χ4n) is 2.65. The SMILES string of the molecule is [C-]#[N+]c1ccc2c(cc(C)n2CC2CC2)c1C(F)(F)F. The van der Waals surface area contributed by atoms with Gasteiger partial charge in [-0.05, 0) is 37.8 Å². The highest BCUT2D eigenvalue weighted by Gasteiger charge is 2.36. The van der Waals surface area contributed by atoms with Gasteiger partial charge in [-0.25, -0.2) is 4.85 Å². The minimum absolute atomic E-state index is 0.143. The van der Waals surface area contributed by atoms with E-state index >= 15 is 0 Å². The summed E-state index contributed by atoms with van der Waals surface area (Å²) in [6.45, 7) is 9.53. The number of hydrogen-bond acceptors (Lipinski definition) is 0. The largest absolute Gasteiger partial charge is 0.408 e. The molecule has 0 N–H and O–H groups in total. The second-order valence-corrected chi connectivity index (χ2v) is 5.34. The molecular weight excluding hydrogens is 265 g/mol. The Morgan fingerprint density at radius 2 is 2.05 bits per heavy atom. The lowest BCUT2D eigenvalue weighted by atomic mass is 10.1. The molecule has 1 aromatic heterocycles. The highest BCUT2D eigenvalue weighted by molar-refractivity contribution is 5.90. The molecule has 1 saturated carbocycles. The van der Waals surface area contributed by atoms with Gasteiger partial charge in [0, 0.05) is 23.1 Å². The highest BCUT2D eigenvalue weighted by atomic mass is 19.4. The Kier molecular flexibility index (Phi) is 2.79. The summed E-state index contributed by atoms with van der Waals surface area (Å²) in [5.41, 5.74) is 0.268. The molecule has 0 unspecified atom stereocenters. The Morgan fingerprint density at radius 3 is 2.60 bits per heavy atom. The zero-order chi connectivity index (χ0) is 14.5. The maximum absolute atomic E-state index is 13.2. The first-order valence-electron chi connectivity index (χ1n) is 6.49. The Bertz CT molecular complexity index is 715. The Morgan fingerprint density at radius 1 is 1.35 bits per heavy atom. The maximum atomic E-state index is 13.2. The van der Waals surface area contributed by atoms with Crippen molar-refractivity contribution in [2.24, 2.45) is 5.92 Å². The molecule has 3 rings (SSSR count). The molecule has 0 spiro atoms. The van der Waals surface area contributed by atoms with Gasteiger partial charge in [0.25, 0.3) is 0 Å². The maximum Gasteiger partial charge on any atom is 0.408 e. The number of halogens is 3. The van der Waals surface area contributed by atoms with E-state index in [9.17, 15) is 13.2 Å². The topological polar surface area (TPSA) is 9.29 Å². The summed E-state index contributed by atoms with van der Waals surface area (Å²) < 4.78 is 41.6. The van der Waals surface area contributed by atoms with Gasteiger partial charge < -0.3 is 4.57 Å². The Hall–Kier alpha value is -1.96. The fourth-order valence-corrected chi connectivity index (χ4v) is 2.65. The number of aryl methyl sites for hydroxylation is 1. The zero-order valence-corrected chi connectivity index (χ0v) is 11.0. The van der Waals surface area contributed by atoms with Crippen molar-refractivity contribution >= 4 is 16.6 Å². The van der Waals surface area contributed by atoms with Gasteiger partial charge in [-0.1, -0.05) is 6.07 Å². The van der Waals surface area contributed by atoms with Crippen LogP contribution in [0.4, 0.5) is 18.9 Å². The summed E-state index contributed by atoms with van der Waals surface area (Å²) in [6.07, 6.45) is -2.21. The molecule has 0 bridgehead atoms. The van der Waals surface area contributed by atoms with E-state index in [-0.39, 0.29) is 11.1 Å². The van der Waals surface area contributed by atoms with Crippen molar-refractivity contribution in [2.75, 3.05) is 0 Å². The van der Waals surface area contributed by atoms with E-state index < -0.39 is 11.7 Å². The zero-order valence-electron chi connectivity index (χ0n) is 11.0. The van der Waals surface area contributed by atoms with E-state index in [1.807, 2.05) is 11.5 Å². The first-order chi connectivity index (χ1) is 9.41. The lowest BCUT2D eigenvalue weighted by molar-refractivity contribution is -0.135. The normalized spacial score (nSPS) is 15.6. The summed E-state index contributed by atoms with van der Waals surface area (Å²) in [7, 11) is 0. The van der Waals surface area contributed by atoms with Crippen molar-refractivity contribution in [1.29, 1.82) is 0 Å². The van der Waals surface area contributed by atoms with Crippen LogP contribution in [0.1, 0.15) is 24.1 Å². The molecule has 2 nitrogen and oxygen atoms in total. The quantitative estimate of drug-likeness (QED) is 0.689. The van der Waals surface area contributed by atoms with Crippen LogP contribution in [0.15, 0.2) is 18.2 Å². The monoisotopic (exact) mass is 278 g/mol. The van der Waals surface area contributed by atoms with Crippen molar-refractivity contribution < 1.29 is 13.2 Å². The number of alkyl halides is 3. The van der Waals surface area contributed by atoms with Crippen LogP contribution in [0.5, 0.6) is 0 Å². The molecule has 1 aliphatic carbocycles.